The molecular weight excluding hydrogens is 424 g/mol. The van der Waals surface area contributed by atoms with E-state index in [0.29, 0.717) is 11.5 Å². The highest BCUT2D eigenvalue weighted by atomic mass is 16.7. The van der Waals surface area contributed by atoms with E-state index in [9.17, 15) is 5.26 Å². The molecule has 6 rings (SSSR count). The maximum atomic E-state index is 9.27. The van der Waals surface area contributed by atoms with Crippen LogP contribution in [0.15, 0.2) is 60.9 Å². The Bertz CT molecular complexity index is 1390. The number of nitrogens with zero attached hydrogens (tertiary/aromatic N) is 4. The Balaban J connectivity index is 1.47. The molecule has 4 heterocycles. The number of hydrogen-bond acceptors (Lipinski definition) is 5. The maximum Gasteiger partial charge on any atom is 0.231 e. The molecule has 4 aromatic rings. The lowest BCUT2D eigenvalue weighted by molar-refractivity contribution is 0.174. The minimum Gasteiger partial charge on any atom is -0.454 e. The van der Waals surface area contributed by atoms with Crippen LogP contribution >= 0.6 is 0 Å². The molecule has 6 heteroatoms. The van der Waals surface area contributed by atoms with Gasteiger partial charge in [0.15, 0.2) is 11.5 Å². The highest BCUT2D eigenvalue weighted by Gasteiger charge is 2.21. The average Bonchev–Trinajstić information content (AvgIpc) is 3.51. The normalized spacial score (nSPS) is 16.1. The van der Waals surface area contributed by atoms with Crippen molar-refractivity contribution in [2.75, 3.05) is 26.9 Å². The summed E-state index contributed by atoms with van der Waals surface area (Å²) in [7, 11) is 2.20. The summed E-state index contributed by atoms with van der Waals surface area (Å²) in [5.74, 6) is 2.18. The van der Waals surface area contributed by atoms with Gasteiger partial charge >= 0.3 is 0 Å². The fraction of sp³-hybridized carbons (Fsp3) is 0.286. The van der Waals surface area contributed by atoms with Crippen LogP contribution in [0.5, 0.6) is 11.5 Å². The number of pyridine rings is 1. The van der Waals surface area contributed by atoms with Gasteiger partial charge in [-0.25, -0.2) is 0 Å². The number of benzene rings is 2. The summed E-state index contributed by atoms with van der Waals surface area (Å²) in [6, 6.07) is 18.2. The molecule has 0 atom stereocenters. The van der Waals surface area contributed by atoms with Crippen LogP contribution in [0.3, 0.4) is 0 Å². The summed E-state index contributed by atoms with van der Waals surface area (Å²) in [6.45, 7) is 3.57. The number of likely N-dealkylation sites (tertiary alicyclic amines) is 1. The fourth-order valence-corrected chi connectivity index (χ4v) is 5.11. The van der Waals surface area contributed by atoms with Crippen molar-refractivity contribution in [3.8, 4) is 40.0 Å². The highest BCUT2D eigenvalue weighted by molar-refractivity contribution is 6.01. The molecule has 2 aromatic heterocycles. The monoisotopic (exact) mass is 450 g/mol. The topological polar surface area (TPSA) is 63.3 Å². The van der Waals surface area contributed by atoms with Crippen molar-refractivity contribution in [1.82, 2.24) is 14.5 Å². The average molecular weight is 451 g/mol. The minimum absolute atomic E-state index is 0.244. The van der Waals surface area contributed by atoms with E-state index in [4.69, 9.17) is 14.5 Å². The van der Waals surface area contributed by atoms with Gasteiger partial charge in [0.25, 0.3) is 0 Å². The standard InChI is InChI=1S/C28H26N4O2/c1-31-11-8-20(9-12-31)17-32-13-10-23-24(32)16-30-28(22-6-7-25-26(14-22)34-18-33-25)27(23)21-4-2-19(15-29)3-5-21/h2-7,10,13-14,16,20H,8-9,11-12,17-18H2,1H3. The Morgan fingerprint density at radius 2 is 1.76 bits per heavy atom. The molecule has 34 heavy (non-hydrogen) atoms. The molecule has 2 aliphatic heterocycles. The molecule has 1 fully saturated rings. The fourth-order valence-electron chi connectivity index (χ4n) is 5.11. The molecule has 2 aromatic carbocycles. The van der Waals surface area contributed by atoms with Gasteiger partial charge in [-0.05, 0) is 80.9 Å². The molecule has 0 N–H and O–H groups in total. The van der Waals surface area contributed by atoms with Crippen molar-refractivity contribution in [2.24, 2.45) is 5.92 Å². The molecule has 0 saturated carbocycles. The minimum atomic E-state index is 0.244. The first-order chi connectivity index (χ1) is 16.7. The van der Waals surface area contributed by atoms with Crippen LogP contribution in [-0.2, 0) is 6.54 Å². The quantitative estimate of drug-likeness (QED) is 0.421. The Morgan fingerprint density at radius 1 is 1.00 bits per heavy atom. The van der Waals surface area contributed by atoms with E-state index in [1.54, 1.807) is 0 Å². The van der Waals surface area contributed by atoms with Gasteiger partial charge in [0.05, 0.1) is 29.0 Å². The Morgan fingerprint density at radius 3 is 2.56 bits per heavy atom. The van der Waals surface area contributed by atoms with Crippen molar-refractivity contribution < 1.29 is 9.47 Å². The van der Waals surface area contributed by atoms with Gasteiger partial charge in [-0.1, -0.05) is 12.1 Å². The van der Waals surface area contributed by atoms with Gasteiger partial charge in [0, 0.05) is 29.3 Å². The van der Waals surface area contributed by atoms with Crippen LogP contribution in [0.1, 0.15) is 18.4 Å². The highest BCUT2D eigenvalue weighted by Crippen LogP contribution is 2.41. The summed E-state index contributed by atoms with van der Waals surface area (Å²) in [5.41, 5.74) is 5.78. The predicted octanol–water partition coefficient (Wildman–Crippen LogP) is 5.31. The first-order valence-corrected chi connectivity index (χ1v) is 11.8. The van der Waals surface area contributed by atoms with E-state index < -0.39 is 0 Å². The first-order valence-electron chi connectivity index (χ1n) is 11.8. The third kappa shape index (κ3) is 3.68. The second-order valence-electron chi connectivity index (χ2n) is 9.25. The molecule has 0 spiro atoms. The van der Waals surface area contributed by atoms with E-state index in [1.165, 1.54) is 18.2 Å². The number of hydrogen-bond donors (Lipinski definition) is 0. The van der Waals surface area contributed by atoms with Crippen molar-refractivity contribution in [3.05, 3.63) is 66.5 Å². The van der Waals surface area contributed by atoms with Crippen LogP contribution in [0, 0.1) is 17.2 Å². The molecule has 0 radical (unpaired) electrons. The Hall–Kier alpha value is -3.82. The molecule has 1 saturated heterocycles. The zero-order chi connectivity index (χ0) is 23.1. The summed E-state index contributed by atoms with van der Waals surface area (Å²) in [4.78, 5) is 7.38. The SMILES string of the molecule is CN1CCC(Cn2ccc3c(-c4ccc(C#N)cc4)c(-c4ccc5c(c4)OCO5)ncc32)CC1. The van der Waals surface area contributed by atoms with Crippen LogP contribution in [0.25, 0.3) is 33.3 Å². The van der Waals surface area contributed by atoms with Crippen LogP contribution in [0.4, 0.5) is 0 Å². The zero-order valence-electron chi connectivity index (χ0n) is 19.2. The molecule has 0 amide bonds. The third-order valence-corrected chi connectivity index (χ3v) is 7.07. The molecule has 0 unspecified atom stereocenters. The maximum absolute atomic E-state index is 9.27. The molecule has 170 valence electrons. The van der Waals surface area contributed by atoms with E-state index in [2.05, 4.69) is 34.8 Å². The van der Waals surface area contributed by atoms with Crippen molar-refractivity contribution in [2.45, 2.75) is 19.4 Å². The number of aromatic nitrogens is 2. The van der Waals surface area contributed by atoms with Crippen molar-refractivity contribution in [1.29, 1.82) is 5.26 Å². The Kier molecular flexibility index (Phi) is 5.20. The van der Waals surface area contributed by atoms with Crippen LogP contribution in [0.2, 0.25) is 0 Å². The smallest absolute Gasteiger partial charge is 0.231 e. The van der Waals surface area contributed by atoms with Gasteiger partial charge in [-0.3, -0.25) is 4.98 Å². The van der Waals surface area contributed by atoms with E-state index >= 15 is 0 Å². The van der Waals surface area contributed by atoms with Gasteiger partial charge in [0.2, 0.25) is 6.79 Å². The van der Waals surface area contributed by atoms with Crippen LogP contribution < -0.4 is 9.47 Å². The van der Waals surface area contributed by atoms with Gasteiger partial charge < -0.3 is 18.9 Å². The third-order valence-electron chi connectivity index (χ3n) is 7.07. The van der Waals surface area contributed by atoms with Gasteiger partial charge in [-0.15, -0.1) is 0 Å². The van der Waals surface area contributed by atoms with Crippen LogP contribution in [-0.4, -0.2) is 41.4 Å². The van der Waals surface area contributed by atoms with Crippen molar-refractivity contribution in [3.63, 3.8) is 0 Å². The Labute approximate surface area is 199 Å². The number of fused-ring (bicyclic) bond motifs is 2. The van der Waals surface area contributed by atoms with Gasteiger partial charge in [-0.2, -0.15) is 5.26 Å². The van der Waals surface area contributed by atoms with Gasteiger partial charge in [0.1, 0.15) is 0 Å². The molecule has 6 nitrogen and oxygen atoms in total. The number of rotatable bonds is 4. The number of nitriles is 1. The van der Waals surface area contributed by atoms with E-state index in [1.807, 2.05) is 48.7 Å². The predicted molar refractivity (Wildman–Crippen MR) is 132 cm³/mol. The summed E-state index contributed by atoms with van der Waals surface area (Å²) in [5, 5.41) is 10.4. The lowest BCUT2D eigenvalue weighted by Gasteiger charge is -2.29. The zero-order valence-corrected chi connectivity index (χ0v) is 19.2. The number of piperidine rings is 1. The molecular formula is C28H26N4O2. The lowest BCUT2D eigenvalue weighted by Crippen LogP contribution is -2.31. The lowest BCUT2D eigenvalue weighted by atomic mass is 9.95. The summed E-state index contributed by atoms with van der Waals surface area (Å²) in [6.07, 6.45) is 6.64. The molecule has 0 bridgehead atoms. The second-order valence-corrected chi connectivity index (χ2v) is 9.25. The van der Waals surface area contributed by atoms with Crippen molar-refractivity contribution >= 4 is 10.9 Å². The van der Waals surface area contributed by atoms with E-state index in [0.717, 1.165) is 59.0 Å². The largest absolute Gasteiger partial charge is 0.454 e. The first kappa shape index (κ1) is 20.8. The summed E-state index contributed by atoms with van der Waals surface area (Å²) >= 11 is 0. The second kappa shape index (κ2) is 8.51. The number of ether oxygens (including phenoxy) is 2. The summed E-state index contributed by atoms with van der Waals surface area (Å²) < 4.78 is 13.5. The van der Waals surface area contributed by atoms with E-state index in [-0.39, 0.29) is 6.79 Å². The molecule has 2 aliphatic rings. The molecule has 0 aliphatic carbocycles.